The first-order valence-electron chi connectivity index (χ1n) is 6.65. The van der Waals surface area contributed by atoms with Gasteiger partial charge >= 0.3 is 0 Å². The van der Waals surface area contributed by atoms with Gasteiger partial charge in [-0.2, -0.15) is 0 Å². The van der Waals surface area contributed by atoms with Gasteiger partial charge in [-0.25, -0.2) is 0 Å². The van der Waals surface area contributed by atoms with Gasteiger partial charge in [0.05, 0.1) is 0 Å². The Labute approximate surface area is 95.2 Å². The second-order valence-electron chi connectivity index (χ2n) is 5.28. The Morgan fingerprint density at radius 2 is 2.07 bits per heavy atom. The van der Waals surface area contributed by atoms with Gasteiger partial charge in [-0.3, -0.25) is 0 Å². The number of likely N-dealkylation sites (tertiary alicyclic amines) is 1. The molecular formula is C13H28N2. The maximum atomic E-state index is 6.04. The average Bonchev–Trinajstić information content (AvgIpc) is 2.53. The minimum absolute atomic E-state index is 0.411. The van der Waals surface area contributed by atoms with Gasteiger partial charge in [0.25, 0.3) is 0 Å². The molecule has 0 aromatic carbocycles. The smallest absolute Gasteiger partial charge is 0.0206 e. The topological polar surface area (TPSA) is 29.3 Å². The summed E-state index contributed by atoms with van der Waals surface area (Å²) in [4.78, 5) is 2.57. The quantitative estimate of drug-likeness (QED) is 0.733. The van der Waals surface area contributed by atoms with Crippen molar-refractivity contribution in [2.24, 2.45) is 17.6 Å². The minimum atomic E-state index is 0.411. The van der Waals surface area contributed by atoms with Gasteiger partial charge in [0.1, 0.15) is 0 Å². The Hall–Kier alpha value is -0.0800. The fourth-order valence-corrected chi connectivity index (χ4v) is 2.53. The molecule has 0 spiro atoms. The highest BCUT2D eigenvalue weighted by Gasteiger charge is 2.27. The Balaban J connectivity index is 2.26. The van der Waals surface area contributed by atoms with Crippen LogP contribution in [0.2, 0.25) is 0 Å². The van der Waals surface area contributed by atoms with Crippen molar-refractivity contribution in [1.29, 1.82) is 0 Å². The largest absolute Gasteiger partial charge is 0.326 e. The maximum Gasteiger partial charge on any atom is 0.0206 e. The van der Waals surface area contributed by atoms with Gasteiger partial charge in [-0.15, -0.1) is 0 Å². The second kappa shape index (κ2) is 6.49. The highest BCUT2D eigenvalue weighted by atomic mass is 15.2. The first kappa shape index (κ1) is 13.0. The van der Waals surface area contributed by atoms with Crippen LogP contribution in [-0.4, -0.2) is 30.6 Å². The second-order valence-corrected chi connectivity index (χ2v) is 5.28. The Bertz CT molecular complexity index is 160. The lowest BCUT2D eigenvalue weighted by molar-refractivity contribution is 0.253. The van der Waals surface area contributed by atoms with Crippen LogP contribution in [0.5, 0.6) is 0 Å². The average molecular weight is 212 g/mol. The van der Waals surface area contributed by atoms with E-state index in [0.717, 1.165) is 12.5 Å². The molecule has 0 bridgehead atoms. The molecule has 0 saturated carbocycles. The third-order valence-electron chi connectivity index (χ3n) is 3.81. The molecule has 2 nitrogen and oxygen atoms in total. The van der Waals surface area contributed by atoms with E-state index in [1.165, 1.54) is 38.8 Å². The zero-order chi connectivity index (χ0) is 11.3. The van der Waals surface area contributed by atoms with E-state index in [-0.39, 0.29) is 0 Å². The van der Waals surface area contributed by atoms with Crippen molar-refractivity contribution in [2.45, 2.75) is 52.5 Å². The van der Waals surface area contributed by atoms with Gasteiger partial charge in [0.15, 0.2) is 0 Å². The summed E-state index contributed by atoms with van der Waals surface area (Å²) in [5.41, 5.74) is 6.04. The standard InChI is InChI=1S/C13H28N2/c1-4-6-7-12(5-2)9-15-8-11(3)13(14)10-15/h11-13H,4-10,14H2,1-3H3. The van der Waals surface area contributed by atoms with Crippen LogP contribution >= 0.6 is 0 Å². The number of nitrogens with zero attached hydrogens (tertiary/aromatic N) is 1. The van der Waals surface area contributed by atoms with E-state index in [9.17, 15) is 0 Å². The molecule has 15 heavy (non-hydrogen) atoms. The van der Waals surface area contributed by atoms with Crippen molar-refractivity contribution in [3.05, 3.63) is 0 Å². The highest BCUT2D eigenvalue weighted by molar-refractivity contribution is 4.84. The van der Waals surface area contributed by atoms with Crippen LogP contribution in [-0.2, 0) is 0 Å². The van der Waals surface area contributed by atoms with E-state index in [1.807, 2.05) is 0 Å². The summed E-state index contributed by atoms with van der Waals surface area (Å²) in [6.07, 6.45) is 5.42. The molecule has 3 unspecified atom stereocenters. The summed E-state index contributed by atoms with van der Waals surface area (Å²) >= 11 is 0. The van der Waals surface area contributed by atoms with Crippen molar-refractivity contribution >= 4 is 0 Å². The lowest BCUT2D eigenvalue weighted by Gasteiger charge is -2.22. The third-order valence-corrected chi connectivity index (χ3v) is 3.81. The maximum absolute atomic E-state index is 6.04. The molecule has 1 aliphatic rings. The summed E-state index contributed by atoms with van der Waals surface area (Å²) < 4.78 is 0. The van der Waals surface area contributed by atoms with E-state index in [4.69, 9.17) is 5.73 Å². The summed E-state index contributed by atoms with van der Waals surface area (Å²) in [5.74, 6) is 1.58. The van der Waals surface area contributed by atoms with Gasteiger partial charge in [0, 0.05) is 25.7 Å². The summed E-state index contributed by atoms with van der Waals surface area (Å²) in [7, 11) is 0. The molecule has 1 heterocycles. The zero-order valence-electron chi connectivity index (χ0n) is 10.7. The normalized spacial score (nSPS) is 29.6. The molecule has 2 N–H and O–H groups in total. The van der Waals surface area contributed by atoms with Crippen LogP contribution in [0.1, 0.15) is 46.5 Å². The van der Waals surface area contributed by atoms with E-state index in [1.54, 1.807) is 0 Å². The molecular weight excluding hydrogens is 184 g/mol. The first-order chi connectivity index (χ1) is 7.17. The van der Waals surface area contributed by atoms with Crippen LogP contribution in [0.15, 0.2) is 0 Å². The van der Waals surface area contributed by atoms with Crippen molar-refractivity contribution in [2.75, 3.05) is 19.6 Å². The molecule has 0 amide bonds. The molecule has 0 radical (unpaired) electrons. The van der Waals surface area contributed by atoms with Crippen molar-refractivity contribution < 1.29 is 0 Å². The molecule has 1 saturated heterocycles. The fraction of sp³-hybridized carbons (Fsp3) is 1.00. The molecule has 0 aliphatic carbocycles. The fourth-order valence-electron chi connectivity index (χ4n) is 2.53. The molecule has 1 aliphatic heterocycles. The van der Waals surface area contributed by atoms with Gasteiger partial charge in [-0.1, -0.05) is 40.0 Å². The number of nitrogens with two attached hydrogens (primary N) is 1. The zero-order valence-corrected chi connectivity index (χ0v) is 10.7. The number of rotatable bonds is 6. The SMILES string of the molecule is CCCCC(CC)CN1CC(C)C(N)C1. The predicted octanol–water partition coefficient (Wildman–Crippen LogP) is 2.48. The minimum Gasteiger partial charge on any atom is -0.326 e. The van der Waals surface area contributed by atoms with Crippen molar-refractivity contribution in [1.82, 2.24) is 4.90 Å². The summed E-state index contributed by atoms with van der Waals surface area (Å²) in [6, 6.07) is 0.411. The number of unbranched alkanes of at least 4 members (excludes halogenated alkanes) is 1. The summed E-state index contributed by atoms with van der Waals surface area (Å²) in [5, 5.41) is 0. The lowest BCUT2D eigenvalue weighted by atomic mass is 9.99. The van der Waals surface area contributed by atoms with E-state index in [0.29, 0.717) is 12.0 Å². The number of hydrogen-bond donors (Lipinski definition) is 1. The van der Waals surface area contributed by atoms with Gasteiger partial charge in [0.2, 0.25) is 0 Å². The van der Waals surface area contributed by atoms with Gasteiger partial charge < -0.3 is 10.6 Å². The van der Waals surface area contributed by atoms with Crippen molar-refractivity contribution in [3.8, 4) is 0 Å². The van der Waals surface area contributed by atoms with Crippen LogP contribution in [0.25, 0.3) is 0 Å². The molecule has 2 heteroatoms. The Morgan fingerprint density at radius 3 is 2.53 bits per heavy atom. The third kappa shape index (κ3) is 4.12. The first-order valence-corrected chi connectivity index (χ1v) is 6.65. The molecule has 3 atom stereocenters. The van der Waals surface area contributed by atoms with E-state index >= 15 is 0 Å². The van der Waals surface area contributed by atoms with Crippen LogP contribution in [0.4, 0.5) is 0 Å². The Morgan fingerprint density at radius 1 is 1.33 bits per heavy atom. The van der Waals surface area contributed by atoms with Crippen LogP contribution in [0.3, 0.4) is 0 Å². The van der Waals surface area contributed by atoms with Crippen molar-refractivity contribution in [3.63, 3.8) is 0 Å². The summed E-state index contributed by atoms with van der Waals surface area (Å²) in [6.45, 7) is 10.5. The van der Waals surface area contributed by atoms with E-state index in [2.05, 4.69) is 25.7 Å². The highest BCUT2D eigenvalue weighted by Crippen LogP contribution is 2.20. The number of hydrogen-bond acceptors (Lipinski definition) is 2. The van der Waals surface area contributed by atoms with E-state index < -0.39 is 0 Å². The molecule has 90 valence electrons. The lowest BCUT2D eigenvalue weighted by Crippen LogP contribution is -2.31. The molecule has 0 aromatic heterocycles. The molecule has 0 aromatic rings. The Kier molecular flexibility index (Phi) is 5.62. The van der Waals surface area contributed by atoms with Gasteiger partial charge in [-0.05, 0) is 18.3 Å². The molecule has 1 rings (SSSR count). The van der Waals surface area contributed by atoms with Crippen LogP contribution < -0.4 is 5.73 Å². The predicted molar refractivity (Wildman–Crippen MR) is 66.9 cm³/mol. The molecule has 1 fully saturated rings. The van der Waals surface area contributed by atoms with Crippen LogP contribution in [0, 0.1) is 11.8 Å². The monoisotopic (exact) mass is 212 g/mol.